The third-order valence-electron chi connectivity index (χ3n) is 5.10. The minimum atomic E-state index is -3.34. The van der Waals surface area contributed by atoms with Crippen molar-refractivity contribution in [2.45, 2.75) is 42.2 Å². The number of phenols is 1. The fourth-order valence-electron chi connectivity index (χ4n) is 3.61. The van der Waals surface area contributed by atoms with E-state index in [0.717, 1.165) is 38.8 Å². The zero-order valence-corrected chi connectivity index (χ0v) is 17.1. The van der Waals surface area contributed by atoms with Crippen molar-refractivity contribution in [2.24, 2.45) is 0 Å². The minimum absolute atomic E-state index is 0. The van der Waals surface area contributed by atoms with E-state index in [9.17, 15) is 13.5 Å². The SMILES string of the molecule is Cl.O=S(=O)(c1ccc(O)cc1)C1CCCN(CCCCc2ccccc2)C1. The molecule has 2 aromatic carbocycles. The Bertz CT molecular complexity index is 794. The third-order valence-corrected chi connectivity index (χ3v) is 7.29. The molecule has 0 spiro atoms. The van der Waals surface area contributed by atoms with Gasteiger partial charge < -0.3 is 10.0 Å². The highest BCUT2D eigenvalue weighted by molar-refractivity contribution is 7.92. The lowest BCUT2D eigenvalue weighted by atomic mass is 10.1. The number of benzene rings is 2. The van der Waals surface area contributed by atoms with Crippen molar-refractivity contribution in [3.63, 3.8) is 0 Å². The van der Waals surface area contributed by atoms with Crippen molar-refractivity contribution >= 4 is 22.2 Å². The lowest BCUT2D eigenvalue weighted by Crippen LogP contribution is -2.42. The van der Waals surface area contributed by atoms with Crippen LogP contribution in [0.1, 0.15) is 31.2 Å². The highest BCUT2D eigenvalue weighted by atomic mass is 35.5. The summed E-state index contributed by atoms with van der Waals surface area (Å²) in [4.78, 5) is 2.60. The molecular formula is C21H28ClNO3S. The predicted octanol–water partition coefficient (Wildman–Crippen LogP) is 4.08. The van der Waals surface area contributed by atoms with Gasteiger partial charge in [0.15, 0.2) is 9.84 Å². The first-order valence-corrected chi connectivity index (χ1v) is 10.9. The Morgan fingerprint density at radius 1 is 1.00 bits per heavy atom. The normalized spacial score (nSPS) is 18.0. The van der Waals surface area contributed by atoms with Crippen LogP contribution < -0.4 is 0 Å². The van der Waals surface area contributed by atoms with Crippen molar-refractivity contribution < 1.29 is 13.5 Å². The number of phenolic OH excluding ortho intramolecular Hbond substituents is 1. The quantitative estimate of drug-likeness (QED) is 0.700. The smallest absolute Gasteiger partial charge is 0.182 e. The summed E-state index contributed by atoms with van der Waals surface area (Å²) in [6.07, 6.45) is 4.91. The molecular weight excluding hydrogens is 382 g/mol. The van der Waals surface area contributed by atoms with Crippen LogP contribution in [0.5, 0.6) is 5.75 Å². The number of nitrogens with zero attached hydrogens (tertiary/aromatic N) is 1. The van der Waals surface area contributed by atoms with Crippen LogP contribution in [0, 0.1) is 0 Å². The molecule has 0 bridgehead atoms. The molecule has 6 heteroatoms. The molecule has 0 aromatic heterocycles. The summed E-state index contributed by atoms with van der Waals surface area (Å²) in [7, 11) is -3.34. The molecule has 1 unspecified atom stereocenters. The van der Waals surface area contributed by atoms with Crippen molar-refractivity contribution in [3.05, 3.63) is 60.2 Å². The van der Waals surface area contributed by atoms with Gasteiger partial charge in [0.25, 0.3) is 0 Å². The first-order valence-electron chi connectivity index (χ1n) is 9.35. The summed E-state index contributed by atoms with van der Waals surface area (Å²) in [6.45, 7) is 2.54. The number of aryl methyl sites for hydroxylation is 1. The number of hydrogen-bond acceptors (Lipinski definition) is 4. The Morgan fingerprint density at radius 3 is 2.41 bits per heavy atom. The van der Waals surface area contributed by atoms with Crippen LogP contribution in [0.4, 0.5) is 0 Å². The van der Waals surface area contributed by atoms with Crippen LogP contribution in [0.25, 0.3) is 0 Å². The Labute approximate surface area is 168 Å². The van der Waals surface area contributed by atoms with E-state index < -0.39 is 9.84 Å². The molecule has 0 aliphatic carbocycles. The standard InChI is InChI=1S/C21H27NO3S.ClH/c23-19-11-13-20(14-12-19)26(24,25)21-10-6-16-22(17-21)15-5-4-9-18-7-2-1-3-8-18;/h1-3,7-8,11-14,21,23H,4-6,9-10,15-17H2;1H. The van der Waals surface area contributed by atoms with Crippen molar-refractivity contribution in [1.29, 1.82) is 0 Å². The molecule has 1 aliphatic rings. The van der Waals surface area contributed by atoms with Crippen molar-refractivity contribution in [3.8, 4) is 5.75 Å². The second kappa shape index (κ2) is 10.1. The van der Waals surface area contributed by atoms with E-state index in [4.69, 9.17) is 0 Å². The lowest BCUT2D eigenvalue weighted by molar-refractivity contribution is 0.226. The molecule has 1 saturated heterocycles. The van der Waals surface area contributed by atoms with E-state index in [1.807, 2.05) is 6.07 Å². The molecule has 0 saturated carbocycles. The average molecular weight is 410 g/mol. The van der Waals surface area contributed by atoms with Gasteiger partial charge in [0, 0.05) is 6.54 Å². The molecule has 3 rings (SSSR count). The number of hydrogen-bond donors (Lipinski definition) is 1. The van der Waals surface area contributed by atoms with Crippen LogP contribution in [0.15, 0.2) is 59.5 Å². The average Bonchev–Trinajstić information content (AvgIpc) is 2.67. The highest BCUT2D eigenvalue weighted by Crippen LogP contribution is 2.25. The van der Waals surface area contributed by atoms with Gasteiger partial charge in [-0.15, -0.1) is 12.4 Å². The summed E-state index contributed by atoms with van der Waals surface area (Å²) >= 11 is 0. The van der Waals surface area contributed by atoms with E-state index in [1.165, 1.54) is 29.8 Å². The molecule has 1 atom stereocenters. The van der Waals surface area contributed by atoms with Crippen LogP contribution in [-0.4, -0.2) is 43.3 Å². The minimum Gasteiger partial charge on any atom is -0.508 e. The highest BCUT2D eigenvalue weighted by Gasteiger charge is 2.31. The number of piperidine rings is 1. The summed E-state index contributed by atoms with van der Waals surface area (Å²) in [5.74, 6) is 0.0904. The topological polar surface area (TPSA) is 57.6 Å². The largest absolute Gasteiger partial charge is 0.508 e. The molecule has 1 heterocycles. The Balaban J connectivity index is 0.00000261. The van der Waals surface area contributed by atoms with Crippen LogP contribution >= 0.6 is 12.4 Å². The lowest BCUT2D eigenvalue weighted by Gasteiger charge is -2.32. The van der Waals surface area contributed by atoms with Gasteiger partial charge in [0.05, 0.1) is 10.1 Å². The number of halogens is 1. The second-order valence-corrected chi connectivity index (χ2v) is 9.27. The van der Waals surface area contributed by atoms with Crippen molar-refractivity contribution in [2.75, 3.05) is 19.6 Å². The number of sulfone groups is 1. The third kappa shape index (κ3) is 5.96. The summed E-state index contributed by atoms with van der Waals surface area (Å²) in [5.41, 5.74) is 1.36. The van der Waals surface area contributed by atoms with Crippen LogP contribution in [-0.2, 0) is 16.3 Å². The van der Waals surface area contributed by atoms with E-state index in [1.54, 1.807) is 0 Å². The first-order chi connectivity index (χ1) is 12.6. The molecule has 0 amide bonds. The van der Waals surface area contributed by atoms with E-state index in [2.05, 4.69) is 29.2 Å². The number of unbranched alkanes of at least 4 members (excludes halogenated alkanes) is 1. The zero-order chi connectivity index (χ0) is 18.4. The van der Waals surface area contributed by atoms with Gasteiger partial charge in [-0.3, -0.25) is 0 Å². The van der Waals surface area contributed by atoms with Gasteiger partial charge in [0.2, 0.25) is 0 Å². The number of rotatable bonds is 7. The maximum atomic E-state index is 12.9. The number of aromatic hydroxyl groups is 1. The van der Waals surface area contributed by atoms with E-state index in [0.29, 0.717) is 17.9 Å². The molecule has 27 heavy (non-hydrogen) atoms. The summed E-state index contributed by atoms with van der Waals surface area (Å²) in [5, 5.41) is 9.02. The van der Waals surface area contributed by atoms with Crippen LogP contribution in [0.2, 0.25) is 0 Å². The Morgan fingerprint density at radius 2 is 1.70 bits per heavy atom. The van der Waals surface area contributed by atoms with E-state index in [-0.39, 0.29) is 23.4 Å². The molecule has 0 radical (unpaired) electrons. The van der Waals surface area contributed by atoms with Gasteiger partial charge in [-0.1, -0.05) is 30.3 Å². The summed E-state index contributed by atoms with van der Waals surface area (Å²) < 4.78 is 25.7. The molecule has 1 N–H and O–H groups in total. The van der Waals surface area contributed by atoms with Gasteiger partial charge in [-0.2, -0.15) is 0 Å². The Kier molecular flexibility index (Phi) is 8.14. The Hall–Kier alpha value is -1.56. The van der Waals surface area contributed by atoms with Gasteiger partial charge in [0.1, 0.15) is 5.75 Å². The van der Waals surface area contributed by atoms with Gasteiger partial charge in [-0.05, 0) is 75.0 Å². The zero-order valence-electron chi connectivity index (χ0n) is 15.5. The van der Waals surface area contributed by atoms with Gasteiger partial charge >= 0.3 is 0 Å². The maximum absolute atomic E-state index is 12.9. The molecule has 4 nitrogen and oxygen atoms in total. The maximum Gasteiger partial charge on any atom is 0.182 e. The first kappa shape index (κ1) is 21.7. The summed E-state index contributed by atoms with van der Waals surface area (Å²) in [6, 6.07) is 16.4. The van der Waals surface area contributed by atoms with E-state index >= 15 is 0 Å². The molecule has 148 valence electrons. The van der Waals surface area contributed by atoms with Crippen LogP contribution in [0.3, 0.4) is 0 Å². The fourth-order valence-corrected chi connectivity index (χ4v) is 5.39. The van der Waals surface area contributed by atoms with Crippen molar-refractivity contribution in [1.82, 2.24) is 4.90 Å². The molecule has 2 aromatic rings. The molecule has 1 fully saturated rings. The number of likely N-dealkylation sites (tertiary alicyclic amines) is 1. The predicted molar refractivity (Wildman–Crippen MR) is 111 cm³/mol. The molecule has 1 aliphatic heterocycles. The second-order valence-electron chi connectivity index (χ2n) is 7.05. The monoisotopic (exact) mass is 409 g/mol. The van der Waals surface area contributed by atoms with Gasteiger partial charge in [-0.25, -0.2) is 8.42 Å². The fraction of sp³-hybridized carbons (Fsp3) is 0.429.